The first-order valence-corrected chi connectivity index (χ1v) is 6.55. The van der Waals surface area contributed by atoms with Crippen LogP contribution in [-0.2, 0) is 11.3 Å². The quantitative estimate of drug-likeness (QED) is 0.619. The van der Waals surface area contributed by atoms with Crippen LogP contribution in [0.15, 0.2) is 54.6 Å². The van der Waals surface area contributed by atoms with Crippen LogP contribution >= 0.6 is 0 Å². The van der Waals surface area contributed by atoms with Gasteiger partial charge in [-0.1, -0.05) is 42.5 Å². The van der Waals surface area contributed by atoms with Crippen LogP contribution in [0.3, 0.4) is 0 Å². The molecule has 0 aromatic heterocycles. The number of nitrogens with two attached hydrogens (primary N) is 1. The number of nitro benzene ring substituents is 1. The molecule has 0 radical (unpaired) electrons. The predicted molar refractivity (Wildman–Crippen MR) is 78.7 cm³/mol. The van der Waals surface area contributed by atoms with E-state index in [1.807, 2.05) is 35.6 Å². The molecule has 0 saturated carbocycles. The first-order valence-electron chi connectivity index (χ1n) is 6.55. The maximum atomic E-state index is 11.8. The van der Waals surface area contributed by atoms with Crippen LogP contribution < -0.4 is 10.6 Å². The minimum atomic E-state index is -0.511. The molecule has 0 atom stereocenters. The molecule has 1 amide bonds. The maximum Gasteiger partial charge on any atom is 0.292 e. The maximum absolute atomic E-state index is 11.8. The summed E-state index contributed by atoms with van der Waals surface area (Å²) in [5.41, 5.74) is 1.24. The van der Waals surface area contributed by atoms with Gasteiger partial charge in [-0.05, 0) is 6.07 Å². The lowest BCUT2D eigenvalue weighted by Crippen LogP contribution is -2.84. The summed E-state index contributed by atoms with van der Waals surface area (Å²) < 4.78 is 0. The minimum Gasteiger partial charge on any atom is -0.335 e. The Kier molecular flexibility index (Phi) is 5.00. The predicted octanol–water partition coefficient (Wildman–Crippen LogP) is 1.30. The van der Waals surface area contributed by atoms with Crippen molar-refractivity contribution in [1.29, 1.82) is 0 Å². The third-order valence-electron chi connectivity index (χ3n) is 2.93. The molecule has 2 aromatic rings. The number of rotatable bonds is 6. The molecule has 0 saturated heterocycles. The van der Waals surface area contributed by atoms with Gasteiger partial charge >= 0.3 is 0 Å². The van der Waals surface area contributed by atoms with E-state index < -0.39 is 4.92 Å². The van der Waals surface area contributed by atoms with Crippen LogP contribution in [0.1, 0.15) is 5.56 Å². The second kappa shape index (κ2) is 7.16. The zero-order chi connectivity index (χ0) is 15.1. The third-order valence-corrected chi connectivity index (χ3v) is 2.93. The fraction of sp³-hybridized carbons (Fsp3) is 0.133. The average Bonchev–Trinajstić information content (AvgIpc) is 2.48. The second-order valence-electron chi connectivity index (χ2n) is 4.50. The highest BCUT2D eigenvalue weighted by molar-refractivity contribution is 5.93. The van der Waals surface area contributed by atoms with Gasteiger partial charge in [-0.15, -0.1) is 0 Å². The summed E-state index contributed by atoms with van der Waals surface area (Å²) in [5, 5.41) is 15.3. The smallest absolute Gasteiger partial charge is 0.292 e. The molecule has 3 N–H and O–H groups in total. The van der Waals surface area contributed by atoms with Gasteiger partial charge in [0.25, 0.3) is 11.6 Å². The van der Waals surface area contributed by atoms with Crippen molar-refractivity contribution in [2.75, 3.05) is 11.9 Å². The molecule has 0 spiro atoms. The Hall–Kier alpha value is -2.73. The number of anilines is 1. The van der Waals surface area contributed by atoms with Gasteiger partial charge in [0, 0.05) is 11.6 Å². The molecular weight excluding hydrogens is 270 g/mol. The van der Waals surface area contributed by atoms with Crippen molar-refractivity contribution < 1.29 is 15.0 Å². The Morgan fingerprint density at radius 2 is 1.76 bits per heavy atom. The van der Waals surface area contributed by atoms with Gasteiger partial charge in [0.2, 0.25) is 0 Å². The highest BCUT2D eigenvalue weighted by Crippen LogP contribution is 2.22. The van der Waals surface area contributed by atoms with Gasteiger partial charge in [-0.3, -0.25) is 14.9 Å². The number of carbonyl (C=O) groups is 1. The van der Waals surface area contributed by atoms with Crippen LogP contribution in [0.2, 0.25) is 0 Å². The highest BCUT2D eigenvalue weighted by atomic mass is 16.6. The van der Waals surface area contributed by atoms with Gasteiger partial charge in [0.15, 0.2) is 6.54 Å². The normalized spacial score (nSPS) is 10.1. The number of carbonyl (C=O) groups excluding carboxylic acids is 1. The van der Waals surface area contributed by atoms with Crippen molar-refractivity contribution in [3.05, 3.63) is 70.3 Å². The molecule has 2 aromatic carbocycles. The first kappa shape index (κ1) is 14.7. The third kappa shape index (κ3) is 4.39. The number of hydrogen-bond acceptors (Lipinski definition) is 3. The second-order valence-corrected chi connectivity index (χ2v) is 4.50. The van der Waals surface area contributed by atoms with E-state index in [4.69, 9.17) is 0 Å². The number of benzene rings is 2. The van der Waals surface area contributed by atoms with Crippen LogP contribution in [0, 0.1) is 10.1 Å². The van der Waals surface area contributed by atoms with Crippen molar-refractivity contribution in [2.45, 2.75) is 6.54 Å². The molecule has 108 valence electrons. The number of quaternary nitrogens is 1. The van der Waals surface area contributed by atoms with E-state index >= 15 is 0 Å². The molecule has 0 unspecified atom stereocenters. The molecule has 6 heteroatoms. The number of para-hydroxylation sites is 2. The van der Waals surface area contributed by atoms with E-state index in [9.17, 15) is 14.9 Å². The van der Waals surface area contributed by atoms with Gasteiger partial charge in [0.1, 0.15) is 12.2 Å². The minimum absolute atomic E-state index is 0.103. The summed E-state index contributed by atoms with van der Waals surface area (Å²) in [6.07, 6.45) is 0. The zero-order valence-corrected chi connectivity index (χ0v) is 11.4. The molecule has 2 rings (SSSR count). The Bertz CT molecular complexity index is 629. The molecule has 0 aliphatic rings. The van der Waals surface area contributed by atoms with E-state index in [1.165, 1.54) is 12.1 Å². The first-order chi connectivity index (χ1) is 10.2. The van der Waals surface area contributed by atoms with Crippen molar-refractivity contribution in [3.8, 4) is 0 Å². The largest absolute Gasteiger partial charge is 0.335 e. The van der Waals surface area contributed by atoms with E-state index in [2.05, 4.69) is 5.32 Å². The van der Waals surface area contributed by atoms with Crippen molar-refractivity contribution in [2.24, 2.45) is 0 Å². The summed E-state index contributed by atoms with van der Waals surface area (Å²) in [6.45, 7) is 0.895. The lowest BCUT2D eigenvalue weighted by molar-refractivity contribution is -0.659. The summed E-state index contributed by atoms with van der Waals surface area (Å²) in [5.74, 6) is -0.264. The van der Waals surface area contributed by atoms with Crippen LogP contribution in [0.25, 0.3) is 0 Å². The lowest BCUT2D eigenvalue weighted by Gasteiger charge is -2.05. The fourth-order valence-corrected chi connectivity index (χ4v) is 1.92. The Labute approximate surface area is 121 Å². The summed E-state index contributed by atoms with van der Waals surface area (Å²) in [4.78, 5) is 22.2. The van der Waals surface area contributed by atoms with Crippen LogP contribution in [0.4, 0.5) is 11.4 Å². The number of nitro groups is 1. The van der Waals surface area contributed by atoms with Gasteiger partial charge in [0.05, 0.1) is 4.92 Å². The van der Waals surface area contributed by atoms with Crippen molar-refractivity contribution >= 4 is 17.3 Å². The number of nitrogens with zero attached hydrogens (tertiary/aromatic N) is 1. The Morgan fingerprint density at radius 1 is 1.10 bits per heavy atom. The molecule has 0 aliphatic heterocycles. The van der Waals surface area contributed by atoms with Crippen LogP contribution in [-0.4, -0.2) is 17.4 Å². The van der Waals surface area contributed by atoms with E-state index in [0.717, 1.165) is 5.56 Å². The SMILES string of the molecule is O=C(C[NH2+]Cc1ccccc1)Nc1ccccc1[N+](=O)[O-]. The lowest BCUT2D eigenvalue weighted by atomic mass is 10.2. The van der Waals surface area contributed by atoms with Gasteiger partial charge < -0.3 is 10.6 Å². The van der Waals surface area contributed by atoms with Crippen molar-refractivity contribution in [1.82, 2.24) is 0 Å². The Balaban J connectivity index is 1.86. The number of nitrogens with one attached hydrogen (secondary N) is 1. The fourth-order valence-electron chi connectivity index (χ4n) is 1.92. The average molecular weight is 286 g/mol. The Morgan fingerprint density at radius 3 is 2.48 bits per heavy atom. The van der Waals surface area contributed by atoms with Gasteiger partial charge in [-0.2, -0.15) is 0 Å². The number of hydrogen-bond donors (Lipinski definition) is 2. The van der Waals surface area contributed by atoms with Crippen molar-refractivity contribution in [3.63, 3.8) is 0 Å². The molecule has 0 fully saturated rings. The molecule has 6 nitrogen and oxygen atoms in total. The topological polar surface area (TPSA) is 88.8 Å². The molecule has 0 heterocycles. The molecule has 0 aliphatic carbocycles. The standard InChI is InChI=1S/C15H15N3O3/c19-15(11-16-10-12-6-2-1-3-7-12)17-13-8-4-5-9-14(13)18(20)21/h1-9,16H,10-11H2,(H,17,19)/p+1. The summed E-state index contributed by atoms with van der Waals surface area (Å²) in [7, 11) is 0. The molecule has 21 heavy (non-hydrogen) atoms. The monoisotopic (exact) mass is 286 g/mol. The summed E-state index contributed by atoms with van der Waals surface area (Å²) >= 11 is 0. The van der Waals surface area contributed by atoms with Gasteiger partial charge in [-0.25, -0.2) is 0 Å². The number of amides is 1. The van der Waals surface area contributed by atoms with E-state index in [-0.39, 0.29) is 23.8 Å². The van der Waals surface area contributed by atoms with E-state index in [1.54, 1.807) is 12.1 Å². The zero-order valence-electron chi connectivity index (χ0n) is 11.4. The molecule has 0 bridgehead atoms. The summed E-state index contributed by atoms with van der Waals surface area (Å²) in [6, 6.07) is 15.9. The van der Waals surface area contributed by atoms with Crippen LogP contribution in [0.5, 0.6) is 0 Å². The van der Waals surface area contributed by atoms with E-state index in [0.29, 0.717) is 6.54 Å². The highest BCUT2D eigenvalue weighted by Gasteiger charge is 2.15. The molecular formula is C15H16N3O3+.